The van der Waals surface area contributed by atoms with Gasteiger partial charge in [-0.1, -0.05) is 30.3 Å². The number of benzene rings is 2. The van der Waals surface area contributed by atoms with E-state index in [0.29, 0.717) is 30.6 Å². The Morgan fingerprint density at radius 1 is 1.17 bits per heavy atom. The van der Waals surface area contributed by atoms with Gasteiger partial charge in [-0.15, -0.1) is 0 Å². The first kappa shape index (κ1) is 20.9. The number of ether oxygens (including phenoxy) is 1. The largest absolute Gasteiger partial charge is 0.469 e. The number of methoxy groups -OCH3 is 1. The molecule has 8 heteroatoms. The molecule has 0 aromatic heterocycles. The SMILES string of the molecule is COC(=O)C[C@@H](NC(=O)c1ccc2c(c1)CCCN2S(C)(=O)=O)c1ccccc1. The maximum absolute atomic E-state index is 12.9. The maximum Gasteiger partial charge on any atom is 0.307 e. The number of aryl methyl sites for hydroxylation is 1. The molecule has 7 nitrogen and oxygen atoms in total. The molecule has 154 valence electrons. The topological polar surface area (TPSA) is 92.8 Å². The summed E-state index contributed by atoms with van der Waals surface area (Å²) in [5.74, 6) is -0.754. The van der Waals surface area contributed by atoms with E-state index in [-0.39, 0.29) is 12.3 Å². The van der Waals surface area contributed by atoms with E-state index in [2.05, 4.69) is 5.32 Å². The first-order valence-electron chi connectivity index (χ1n) is 9.33. The highest BCUT2D eigenvalue weighted by Crippen LogP contribution is 2.30. The number of hydrogen-bond acceptors (Lipinski definition) is 5. The van der Waals surface area contributed by atoms with Gasteiger partial charge in [0.25, 0.3) is 5.91 Å². The average Bonchev–Trinajstić information content (AvgIpc) is 2.72. The van der Waals surface area contributed by atoms with Crippen LogP contribution in [0.3, 0.4) is 0 Å². The Kier molecular flexibility index (Phi) is 6.22. The van der Waals surface area contributed by atoms with E-state index in [1.54, 1.807) is 18.2 Å². The van der Waals surface area contributed by atoms with Gasteiger partial charge in [-0.3, -0.25) is 13.9 Å². The van der Waals surface area contributed by atoms with Crippen LogP contribution in [0.25, 0.3) is 0 Å². The molecule has 0 unspecified atom stereocenters. The zero-order chi connectivity index (χ0) is 21.0. The summed E-state index contributed by atoms with van der Waals surface area (Å²) >= 11 is 0. The first-order chi connectivity index (χ1) is 13.8. The minimum absolute atomic E-state index is 0.0129. The van der Waals surface area contributed by atoms with Crippen LogP contribution >= 0.6 is 0 Å². The molecule has 0 saturated heterocycles. The second-order valence-electron chi connectivity index (χ2n) is 7.00. The van der Waals surface area contributed by atoms with Crippen molar-refractivity contribution in [2.45, 2.75) is 25.3 Å². The molecule has 0 saturated carbocycles. The summed E-state index contributed by atoms with van der Waals surface area (Å²) in [7, 11) is -2.05. The lowest BCUT2D eigenvalue weighted by molar-refractivity contribution is -0.141. The van der Waals surface area contributed by atoms with Gasteiger partial charge in [0.2, 0.25) is 10.0 Å². The van der Waals surface area contributed by atoms with E-state index >= 15 is 0 Å². The average molecular weight is 416 g/mol. The molecule has 0 fully saturated rings. The van der Waals surface area contributed by atoms with Crippen LogP contribution in [0, 0.1) is 0 Å². The van der Waals surface area contributed by atoms with Crippen LogP contribution in [0.5, 0.6) is 0 Å². The van der Waals surface area contributed by atoms with Crippen LogP contribution in [-0.2, 0) is 26.0 Å². The fourth-order valence-electron chi connectivity index (χ4n) is 3.48. The monoisotopic (exact) mass is 416 g/mol. The van der Waals surface area contributed by atoms with Crippen LogP contribution in [0.1, 0.15) is 40.4 Å². The number of rotatable bonds is 6. The van der Waals surface area contributed by atoms with Gasteiger partial charge in [0, 0.05) is 12.1 Å². The standard InChI is InChI=1S/C21H24N2O5S/c1-28-20(24)14-18(15-7-4-3-5-8-15)22-21(25)17-10-11-19-16(13-17)9-6-12-23(19)29(2,26)27/h3-5,7-8,10-11,13,18H,6,9,12,14H2,1-2H3,(H,22,25)/t18-/m1/s1. The number of nitrogens with zero attached hydrogens (tertiary/aromatic N) is 1. The molecule has 29 heavy (non-hydrogen) atoms. The lowest BCUT2D eigenvalue weighted by atomic mass is 9.99. The van der Waals surface area contributed by atoms with Gasteiger partial charge >= 0.3 is 5.97 Å². The summed E-state index contributed by atoms with van der Waals surface area (Å²) in [6.45, 7) is 0.437. The van der Waals surface area contributed by atoms with Crippen LogP contribution < -0.4 is 9.62 Å². The van der Waals surface area contributed by atoms with Crippen LogP contribution in [0.15, 0.2) is 48.5 Å². The molecule has 2 aromatic carbocycles. The van der Waals surface area contributed by atoms with Gasteiger partial charge in [0.15, 0.2) is 0 Å². The zero-order valence-corrected chi connectivity index (χ0v) is 17.2. The highest BCUT2D eigenvalue weighted by Gasteiger charge is 2.25. The number of esters is 1. The summed E-state index contributed by atoms with van der Waals surface area (Å²) in [6.07, 6.45) is 2.59. The fourth-order valence-corrected chi connectivity index (χ4v) is 4.47. The third kappa shape index (κ3) is 4.95. The Morgan fingerprint density at radius 3 is 2.55 bits per heavy atom. The van der Waals surface area contributed by atoms with E-state index in [4.69, 9.17) is 4.74 Å². The Hall–Kier alpha value is -2.87. The van der Waals surface area contributed by atoms with Crippen LogP contribution in [0.2, 0.25) is 0 Å². The zero-order valence-electron chi connectivity index (χ0n) is 16.4. The molecule has 1 aliphatic heterocycles. The van der Waals surface area contributed by atoms with Gasteiger partial charge in [-0.05, 0) is 42.2 Å². The highest BCUT2D eigenvalue weighted by atomic mass is 32.2. The van der Waals surface area contributed by atoms with Crippen LogP contribution in [0.4, 0.5) is 5.69 Å². The Morgan fingerprint density at radius 2 is 1.90 bits per heavy atom. The van der Waals surface area contributed by atoms with Crippen molar-refractivity contribution in [2.24, 2.45) is 0 Å². The number of carbonyl (C=O) groups is 2. The second kappa shape index (κ2) is 8.65. The number of amides is 1. The minimum Gasteiger partial charge on any atom is -0.469 e. The fraction of sp³-hybridized carbons (Fsp3) is 0.333. The lowest BCUT2D eigenvalue weighted by Gasteiger charge is -2.29. The predicted octanol–water partition coefficient (Wildman–Crippen LogP) is 2.43. The lowest BCUT2D eigenvalue weighted by Crippen LogP contribution is -2.35. The Labute approximate surface area is 170 Å². The molecule has 1 N–H and O–H groups in total. The molecule has 0 aliphatic carbocycles. The van der Waals surface area contributed by atoms with Crippen molar-refractivity contribution >= 4 is 27.6 Å². The first-order valence-corrected chi connectivity index (χ1v) is 11.2. The summed E-state index contributed by atoms with van der Waals surface area (Å²) in [5.41, 5.74) is 2.65. The Balaban J connectivity index is 1.84. The molecule has 1 atom stereocenters. The quantitative estimate of drug-likeness (QED) is 0.730. The number of carbonyl (C=O) groups excluding carboxylic acids is 2. The molecular formula is C21H24N2O5S. The number of sulfonamides is 1. The molecule has 2 aromatic rings. The van der Waals surface area contributed by atoms with Crippen molar-refractivity contribution in [1.82, 2.24) is 5.32 Å². The van der Waals surface area contributed by atoms with Crippen LogP contribution in [-0.4, -0.2) is 40.2 Å². The van der Waals surface area contributed by atoms with Gasteiger partial charge in [-0.2, -0.15) is 0 Å². The number of anilines is 1. The summed E-state index contributed by atoms with van der Waals surface area (Å²) in [6, 6.07) is 13.7. The maximum atomic E-state index is 12.9. The third-order valence-electron chi connectivity index (χ3n) is 4.92. The van der Waals surface area contributed by atoms with Gasteiger partial charge < -0.3 is 10.1 Å². The molecule has 0 spiro atoms. The van der Waals surface area contributed by atoms with E-state index < -0.39 is 22.0 Å². The normalized spacial score (nSPS) is 14.6. The minimum atomic E-state index is -3.36. The smallest absolute Gasteiger partial charge is 0.307 e. The van der Waals surface area contributed by atoms with Crippen molar-refractivity contribution in [1.29, 1.82) is 0 Å². The van der Waals surface area contributed by atoms with Gasteiger partial charge in [0.05, 0.1) is 31.5 Å². The van der Waals surface area contributed by atoms with Crippen molar-refractivity contribution in [3.8, 4) is 0 Å². The van der Waals surface area contributed by atoms with E-state index in [1.807, 2.05) is 30.3 Å². The van der Waals surface area contributed by atoms with E-state index in [1.165, 1.54) is 17.7 Å². The molecule has 3 rings (SSSR count). The number of fused-ring (bicyclic) bond motifs is 1. The van der Waals surface area contributed by atoms with Gasteiger partial charge in [0.1, 0.15) is 0 Å². The predicted molar refractivity (Wildman–Crippen MR) is 110 cm³/mol. The summed E-state index contributed by atoms with van der Waals surface area (Å²) < 4.78 is 30.1. The van der Waals surface area contributed by atoms with Gasteiger partial charge in [-0.25, -0.2) is 8.42 Å². The molecule has 1 heterocycles. The van der Waals surface area contributed by atoms with Crippen molar-refractivity contribution < 1.29 is 22.7 Å². The molecular weight excluding hydrogens is 392 g/mol. The summed E-state index contributed by atoms with van der Waals surface area (Å²) in [5, 5.41) is 2.89. The number of hydrogen-bond donors (Lipinski definition) is 1. The van der Waals surface area contributed by atoms with Crippen molar-refractivity contribution in [2.75, 3.05) is 24.2 Å². The summed E-state index contributed by atoms with van der Waals surface area (Å²) in [4.78, 5) is 24.7. The number of nitrogens with one attached hydrogen (secondary N) is 1. The van der Waals surface area contributed by atoms with Crippen molar-refractivity contribution in [3.05, 3.63) is 65.2 Å². The molecule has 0 bridgehead atoms. The highest BCUT2D eigenvalue weighted by molar-refractivity contribution is 7.92. The molecule has 1 aliphatic rings. The third-order valence-corrected chi connectivity index (χ3v) is 6.10. The van der Waals surface area contributed by atoms with Crippen molar-refractivity contribution in [3.63, 3.8) is 0 Å². The molecule has 0 radical (unpaired) electrons. The Bertz CT molecular complexity index is 1000. The molecule has 1 amide bonds. The van der Waals surface area contributed by atoms with E-state index in [0.717, 1.165) is 11.1 Å². The van der Waals surface area contributed by atoms with E-state index in [9.17, 15) is 18.0 Å². The second-order valence-corrected chi connectivity index (χ2v) is 8.91.